The van der Waals surface area contributed by atoms with Crippen molar-refractivity contribution in [2.45, 2.75) is 20.0 Å². The van der Waals surface area contributed by atoms with Gasteiger partial charge in [0, 0.05) is 47.5 Å². The Labute approximate surface area is 123 Å². The van der Waals surface area contributed by atoms with Crippen molar-refractivity contribution >= 4 is 23.2 Å². The summed E-state index contributed by atoms with van der Waals surface area (Å²) in [6.45, 7) is 3.56. The number of benzene rings is 1. The Hall–Kier alpha value is -1.03. The molecule has 1 heterocycles. The quantitative estimate of drug-likeness (QED) is 0.859. The van der Waals surface area contributed by atoms with Crippen LogP contribution in [0.25, 0.3) is 0 Å². The minimum atomic E-state index is 0.710. The maximum Gasteiger partial charge on any atom is 0.0638 e. The number of hydrogen-bond acceptors (Lipinski definition) is 2. The lowest BCUT2D eigenvalue weighted by Crippen LogP contribution is -2.18. The second-order valence-corrected chi connectivity index (χ2v) is 5.60. The number of nitrogens with zero attached hydrogens (tertiary/aromatic N) is 3. The average Bonchev–Trinajstić information content (AvgIpc) is 2.63. The van der Waals surface area contributed by atoms with Gasteiger partial charge in [-0.3, -0.25) is 9.58 Å². The van der Waals surface area contributed by atoms with Gasteiger partial charge in [0.15, 0.2) is 0 Å². The van der Waals surface area contributed by atoms with Crippen molar-refractivity contribution in [1.29, 1.82) is 0 Å². The van der Waals surface area contributed by atoms with Crippen molar-refractivity contribution in [2.24, 2.45) is 7.05 Å². The maximum atomic E-state index is 6.18. The normalized spacial score (nSPS) is 11.3. The summed E-state index contributed by atoms with van der Waals surface area (Å²) in [4.78, 5) is 2.18. The molecule has 0 amide bonds. The molecule has 0 spiro atoms. The van der Waals surface area contributed by atoms with E-state index < -0.39 is 0 Å². The Bertz CT molecular complexity index is 558. The highest BCUT2D eigenvalue weighted by molar-refractivity contribution is 6.35. The highest BCUT2D eigenvalue weighted by Crippen LogP contribution is 2.25. The van der Waals surface area contributed by atoms with Gasteiger partial charge in [-0.2, -0.15) is 5.10 Å². The molecule has 0 aliphatic carbocycles. The zero-order chi connectivity index (χ0) is 14.0. The fraction of sp³-hybridized carbons (Fsp3) is 0.357. The van der Waals surface area contributed by atoms with Gasteiger partial charge in [0.05, 0.1) is 5.69 Å². The first-order valence-electron chi connectivity index (χ1n) is 6.08. The van der Waals surface area contributed by atoms with Crippen molar-refractivity contribution in [1.82, 2.24) is 14.7 Å². The van der Waals surface area contributed by atoms with E-state index in [0.29, 0.717) is 16.6 Å². The third-order valence-corrected chi connectivity index (χ3v) is 3.75. The summed E-state index contributed by atoms with van der Waals surface area (Å²) in [7, 11) is 3.98. The van der Waals surface area contributed by atoms with Gasteiger partial charge >= 0.3 is 0 Å². The van der Waals surface area contributed by atoms with E-state index in [1.54, 1.807) is 0 Å². The smallest absolute Gasteiger partial charge is 0.0638 e. The van der Waals surface area contributed by atoms with Crippen molar-refractivity contribution in [3.8, 4) is 0 Å². The summed E-state index contributed by atoms with van der Waals surface area (Å²) >= 11 is 12.4. The van der Waals surface area contributed by atoms with E-state index in [9.17, 15) is 0 Å². The van der Waals surface area contributed by atoms with Gasteiger partial charge < -0.3 is 0 Å². The molecule has 0 aliphatic rings. The van der Waals surface area contributed by atoms with Crippen LogP contribution in [0.2, 0.25) is 10.0 Å². The van der Waals surface area contributed by atoms with Gasteiger partial charge in [0.25, 0.3) is 0 Å². The lowest BCUT2D eigenvalue weighted by Gasteiger charge is -2.18. The van der Waals surface area contributed by atoms with E-state index in [1.165, 1.54) is 5.56 Å². The molecule has 0 bridgehead atoms. The molecule has 102 valence electrons. The molecular formula is C14H17Cl2N3. The van der Waals surface area contributed by atoms with Crippen LogP contribution in [0, 0.1) is 6.92 Å². The minimum absolute atomic E-state index is 0.710. The molecule has 2 rings (SSSR count). The van der Waals surface area contributed by atoms with E-state index in [2.05, 4.69) is 10.00 Å². The minimum Gasteiger partial charge on any atom is -0.298 e. The van der Waals surface area contributed by atoms with Crippen molar-refractivity contribution in [2.75, 3.05) is 7.05 Å². The molecule has 1 aromatic carbocycles. The third kappa shape index (κ3) is 3.50. The Morgan fingerprint density at radius 3 is 2.37 bits per heavy atom. The van der Waals surface area contributed by atoms with Crippen LogP contribution in [0.4, 0.5) is 0 Å². The molecule has 0 aliphatic heterocycles. The Balaban J connectivity index is 2.09. The molecule has 19 heavy (non-hydrogen) atoms. The summed E-state index contributed by atoms with van der Waals surface area (Å²) < 4.78 is 1.83. The van der Waals surface area contributed by atoms with Gasteiger partial charge in [0.1, 0.15) is 0 Å². The summed E-state index contributed by atoms with van der Waals surface area (Å²) in [6.07, 6.45) is 2.04. The van der Waals surface area contributed by atoms with E-state index in [-0.39, 0.29) is 0 Å². The second kappa shape index (κ2) is 5.95. The molecule has 0 N–H and O–H groups in total. The molecule has 1 aromatic heterocycles. The van der Waals surface area contributed by atoms with Crippen LogP contribution >= 0.6 is 23.2 Å². The molecule has 0 fully saturated rings. The maximum absolute atomic E-state index is 6.18. The summed E-state index contributed by atoms with van der Waals surface area (Å²) in [5.74, 6) is 0. The number of aromatic nitrogens is 2. The topological polar surface area (TPSA) is 21.1 Å². The summed E-state index contributed by atoms with van der Waals surface area (Å²) in [6, 6.07) is 5.59. The summed E-state index contributed by atoms with van der Waals surface area (Å²) in [5, 5.41) is 5.76. The van der Waals surface area contributed by atoms with E-state index >= 15 is 0 Å². The molecule has 0 unspecified atom stereocenters. The highest BCUT2D eigenvalue weighted by Gasteiger charge is 2.11. The van der Waals surface area contributed by atoms with Crippen molar-refractivity contribution < 1.29 is 0 Å². The van der Waals surface area contributed by atoms with Crippen LogP contribution in [-0.2, 0) is 20.1 Å². The molecule has 5 heteroatoms. The van der Waals surface area contributed by atoms with Gasteiger partial charge in [-0.15, -0.1) is 0 Å². The number of hydrogen-bond donors (Lipinski definition) is 0. The van der Waals surface area contributed by atoms with Crippen LogP contribution in [0.15, 0.2) is 24.4 Å². The number of halogens is 2. The largest absolute Gasteiger partial charge is 0.298 e. The van der Waals surface area contributed by atoms with Crippen molar-refractivity contribution in [3.63, 3.8) is 0 Å². The Morgan fingerprint density at radius 1 is 1.21 bits per heavy atom. The lowest BCUT2D eigenvalue weighted by atomic mass is 10.2. The van der Waals surface area contributed by atoms with Gasteiger partial charge in [-0.25, -0.2) is 0 Å². The van der Waals surface area contributed by atoms with Gasteiger partial charge in [-0.05, 0) is 26.1 Å². The Kier molecular flexibility index (Phi) is 4.50. The molecule has 3 nitrogen and oxygen atoms in total. The first kappa shape index (κ1) is 14.4. The third-order valence-electron chi connectivity index (χ3n) is 3.05. The van der Waals surface area contributed by atoms with Gasteiger partial charge in [-0.1, -0.05) is 29.3 Å². The zero-order valence-corrected chi connectivity index (χ0v) is 12.8. The summed E-state index contributed by atoms with van der Waals surface area (Å²) in [5.41, 5.74) is 3.24. The fourth-order valence-electron chi connectivity index (χ4n) is 2.10. The molecule has 0 radical (unpaired) electrons. The standard InChI is InChI=1S/C14H17Cl2N3/c1-10-11(8-19(3)17-10)7-18(2)9-12-13(15)5-4-6-14(12)16/h4-6,8H,7,9H2,1-3H3. The van der Waals surface area contributed by atoms with Crippen LogP contribution in [0.1, 0.15) is 16.8 Å². The van der Waals surface area contributed by atoms with Gasteiger partial charge in [0.2, 0.25) is 0 Å². The second-order valence-electron chi connectivity index (χ2n) is 4.79. The molecule has 0 saturated heterocycles. The molecular weight excluding hydrogens is 281 g/mol. The van der Waals surface area contributed by atoms with Crippen LogP contribution in [-0.4, -0.2) is 21.7 Å². The SMILES string of the molecule is Cc1nn(C)cc1CN(C)Cc1c(Cl)cccc1Cl. The van der Waals surface area contributed by atoms with Crippen LogP contribution < -0.4 is 0 Å². The molecule has 0 saturated carbocycles. The van der Waals surface area contributed by atoms with Crippen LogP contribution in [0.3, 0.4) is 0 Å². The first-order valence-corrected chi connectivity index (χ1v) is 6.83. The Morgan fingerprint density at radius 2 is 1.84 bits per heavy atom. The predicted octanol–water partition coefficient (Wildman–Crippen LogP) is 3.67. The van der Waals surface area contributed by atoms with E-state index in [4.69, 9.17) is 23.2 Å². The first-order chi connectivity index (χ1) is 8.97. The average molecular weight is 298 g/mol. The monoisotopic (exact) mass is 297 g/mol. The zero-order valence-electron chi connectivity index (χ0n) is 11.3. The number of rotatable bonds is 4. The van der Waals surface area contributed by atoms with Crippen molar-refractivity contribution in [3.05, 3.63) is 51.3 Å². The van der Waals surface area contributed by atoms with E-state index in [0.717, 1.165) is 17.8 Å². The number of aryl methyl sites for hydroxylation is 2. The molecule has 2 aromatic rings. The van der Waals surface area contributed by atoms with E-state index in [1.807, 2.05) is 50.1 Å². The fourth-order valence-corrected chi connectivity index (χ4v) is 2.62. The predicted molar refractivity (Wildman–Crippen MR) is 79.6 cm³/mol. The highest BCUT2D eigenvalue weighted by atomic mass is 35.5. The lowest BCUT2D eigenvalue weighted by molar-refractivity contribution is 0.318. The molecule has 0 atom stereocenters. The van der Waals surface area contributed by atoms with Crippen LogP contribution in [0.5, 0.6) is 0 Å².